The van der Waals surface area contributed by atoms with Crippen LogP contribution in [0.1, 0.15) is 203 Å². The van der Waals surface area contributed by atoms with Gasteiger partial charge in [-0.15, -0.1) is 22.7 Å². The number of unbranched alkanes of at least 4 members (excludes halogenated alkanes) is 26. The van der Waals surface area contributed by atoms with Crippen molar-refractivity contribution in [1.82, 2.24) is 0 Å². The smallest absolute Gasteiger partial charge is 0.0494 e. The number of aryl methyl sites for hydroxylation is 2. The second-order valence-electron chi connectivity index (χ2n) is 15.4. The van der Waals surface area contributed by atoms with Gasteiger partial charge in [-0.3, -0.25) is 0 Å². The van der Waals surface area contributed by atoms with Crippen molar-refractivity contribution in [2.24, 2.45) is 0 Å². The van der Waals surface area contributed by atoms with E-state index in [1.807, 2.05) is 22.7 Å². The fraction of sp³-hybridized carbons (Fsp3) is 0.696. The average Bonchev–Trinajstić information content (AvgIpc) is 3.75. The van der Waals surface area contributed by atoms with E-state index in [4.69, 9.17) is 0 Å². The third kappa shape index (κ3) is 14.8. The summed E-state index contributed by atoms with van der Waals surface area (Å²) in [5, 5.41) is 5.68. The molecule has 2 aromatic carbocycles. The first-order valence-corrected chi connectivity index (χ1v) is 24.6. The van der Waals surface area contributed by atoms with Crippen molar-refractivity contribution < 1.29 is 0 Å². The lowest BCUT2D eigenvalue weighted by molar-refractivity contribution is 0.536. The summed E-state index contributed by atoms with van der Waals surface area (Å²) in [7, 11) is 0. The Hall–Kier alpha value is -0.420. The van der Waals surface area contributed by atoms with Crippen molar-refractivity contribution in [3.05, 3.63) is 43.0 Å². The molecule has 0 N–H and O–H groups in total. The molecule has 50 heavy (non-hydrogen) atoms. The predicted molar refractivity (Wildman–Crippen MR) is 238 cm³/mol. The number of rotatable bonds is 30. The number of hydrogen-bond donors (Lipinski definition) is 0. The molecule has 2 aromatic heterocycles. The molecule has 0 unspecified atom stereocenters. The quantitative estimate of drug-likeness (QED) is 0.0459. The van der Waals surface area contributed by atoms with Gasteiger partial charge in [-0.2, -0.15) is 0 Å². The summed E-state index contributed by atoms with van der Waals surface area (Å²) in [4.78, 5) is 3.10. The van der Waals surface area contributed by atoms with Crippen LogP contribution in [0.15, 0.2) is 33.2 Å². The Kier molecular flexibility index (Phi) is 21.6. The maximum atomic E-state index is 3.99. The maximum absolute atomic E-state index is 3.99. The first-order chi connectivity index (χ1) is 24.6. The maximum Gasteiger partial charge on any atom is 0.0494 e. The molecule has 0 saturated carbocycles. The van der Waals surface area contributed by atoms with E-state index in [0.29, 0.717) is 0 Å². The Labute approximate surface area is 332 Å². The first kappa shape index (κ1) is 42.3. The molecular formula is C46H70Br2S2. The number of benzene rings is 2. The first-order valence-electron chi connectivity index (χ1n) is 21.4. The van der Waals surface area contributed by atoms with Crippen LogP contribution in [-0.2, 0) is 12.8 Å². The molecule has 0 bridgehead atoms. The van der Waals surface area contributed by atoms with E-state index < -0.39 is 0 Å². The molecule has 0 aliphatic carbocycles. The average molecular weight is 847 g/mol. The van der Waals surface area contributed by atoms with Gasteiger partial charge in [0.15, 0.2) is 0 Å². The van der Waals surface area contributed by atoms with Crippen molar-refractivity contribution in [3.63, 3.8) is 0 Å². The van der Waals surface area contributed by atoms with Crippen LogP contribution >= 0.6 is 54.5 Å². The molecule has 4 rings (SSSR count). The molecule has 2 heterocycles. The Bertz CT molecular complexity index is 1370. The van der Waals surface area contributed by atoms with Crippen molar-refractivity contribution >= 4 is 85.5 Å². The molecule has 0 spiro atoms. The largest absolute Gasteiger partial charge is 0.139 e. The summed E-state index contributed by atoms with van der Waals surface area (Å²) >= 11 is 12.0. The Balaban J connectivity index is 1.16. The van der Waals surface area contributed by atoms with Gasteiger partial charge in [0.05, 0.1) is 0 Å². The number of halogens is 2. The Morgan fingerprint density at radius 2 is 0.600 bits per heavy atom. The van der Waals surface area contributed by atoms with Crippen molar-refractivity contribution in [3.8, 4) is 0 Å². The van der Waals surface area contributed by atoms with Gasteiger partial charge in [-0.25, -0.2) is 0 Å². The zero-order valence-corrected chi connectivity index (χ0v) is 36.9. The predicted octanol–water partition coefficient (Wildman–Crippen LogP) is 18.8. The van der Waals surface area contributed by atoms with Crippen molar-refractivity contribution in [1.29, 1.82) is 0 Å². The van der Waals surface area contributed by atoms with Gasteiger partial charge >= 0.3 is 0 Å². The lowest BCUT2D eigenvalue weighted by Gasteiger charge is -2.05. The van der Waals surface area contributed by atoms with Crippen LogP contribution in [0, 0.1) is 0 Å². The minimum atomic E-state index is 1.22. The highest BCUT2D eigenvalue weighted by molar-refractivity contribution is 9.11. The van der Waals surface area contributed by atoms with Crippen LogP contribution in [0.4, 0.5) is 0 Å². The molecule has 0 fully saturated rings. The Morgan fingerprint density at radius 3 is 0.880 bits per heavy atom. The topological polar surface area (TPSA) is 0 Å². The molecule has 0 radical (unpaired) electrons. The van der Waals surface area contributed by atoms with Gasteiger partial charge in [-0.05, 0) is 92.6 Å². The summed E-state index contributed by atoms with van der Waals surface area (Å²) in [6.45, 7) is 4.61. The third-order valence-corrected chi connectivity index (χ3v) is 15.2. The number of hydrogen-bond acceptors (Lipinski definition) is 2. The SMILES string of the molecule is CCCCCCCCCCCCCCCCc1cc2c(s1)c(Br)cc1c3cc(CCCCCCCCCCCCCCCC)sc3c(Br)cc21. The van der Waals surface area contributed by atoms with Gasteiger partial charge in [0.2, 0.25) is 0 Å². The molecular weight excluding hydrogens is 776 g/mol. The van der Waals surface area contributed by atoms with Gasteiger partial charge < -0.3 is 0 Å². The second kappa shape index (κ2) is 25.6. The summed E-state index contributed by atoms with van der Waals surface area (Å²) in [6.07, 6.45) is 42.2. The molecule has 0 aliphatic heterocycles. The van der Waals surface area contributed by atoms with Crippen LogP contribution < -0.4 is 0 Å². The molecule has 0 saturated heterocycles. The highest BCUT2D eigenvalue weighted by Crippen LogP contribution is 2.44. The lowest BCUT2D eigenvalue weighted by Crippen LogP contribution is -1.84. The highest BCUT2D eigenvalue weighted by atomic mass is 79.9. The van der Waals surface area contributed by atoms with Gasteiger partial charge in [0.1, 0.15) is 0 Å². The van der Waals surface area contributed by atoms with E-state index >= 15 is 0 Å². The van der Waals surface area contributed by atoms with E-state index in [-0.39, 0.29) is 0 Å². The monoisotopic (exact) mass is 844 g/mol. The zero-order valence-electron chi connectivity index (χ0n) is 32.1. The molecule has 0 aliphatic rings. The third-order valence-electron chi connectivity index (χ3n) is 11.0. The summed E-state index contributed by atoms with van der Waals surface area (Å²) in [6, 6.07) is 9.83. The van der Waals surface area contributed by atoms with Crippen LogP contribution in [-0.4, -0.2) is 0 Å². The zero-order chi connectivity index (χ0) is 35.2. The van der Waals surface area contributed by atoms with E-state index in [9.17, 15) is 0 Å². The second-order valence-corrected chi connectivity index (χ2v) is 19.4. The van der Waals surface area contributed by atoms with Gasteiger partial charge in [-0.1, -0.05) is 181 Å². The number of fused-ring (bicyclic) bond motifs is 5. The van der Waals surface area contributed by atoms with Crippen LogP contribution in [0.2, 0.25) is 0 Å². The van der Waals surface area contributed by atoms with E-state index in [0.717, 1.165) is 0 Å². The molecule has 4 aromatic rings. The fourth-order valence-electron chi connectivity index (χ4n) is 7.86. The van der Waals surface area contributed by atoms with E-state index in [1.165, 1.54) is 233 Å². The molecule has 280 valence electrons. The molecule has 0 nitrogen and oxygen atoms in total. The van der Waals surface area contributed by atoms with E-state index in [1.54, 1.807) is 9.75 Å². The standard InChI is InChI=1S/C46H70Br2S2/c1-3-5-7-9-11-13-15-17-19-21-23-25-27-29-31-37-33-41-39-35-44(48)46-42(40(39)36-43(47)45(41)49-37)34-38(50-46)32-30-28-26-24-22-20-18-16-14-12-10-8-6-4-2/h33-36H,3-32H2,1-2H3. The van der Waals surface area contributed by atoms with Crippen LogP contribution in [0.5, 0.6) is 0 Å². The van der Waals surface area contributed by atoms with Gasteiger partial charge in [0.25, 0.3) is 0 Å². The van der Waals surface area contributed by atoms with Crippen molar-refractivity contribution in [2.45, 2.75) is 206 Å². The fourth-order valence-corrected chi connectivity index (χ4v) is 11.5. The molecule has 4 heteroatoms. The lowest BCUT2D eigenvalue weighted by atomic mass is 10.0. The van der Waals surface area contributed by atoms with E-state index in [2.05, 4.69) is 70.0 Å². The Morgan fingerprint density at radius 1 is 0.340 bits per heavy atom. The van der Waals surface area contributed by atoms with Gasteiger partial charge in [0, 0.05) is 38.9 Å². The number of thiophene rings is 2. The normalized spacial score (nSPS) is 12.0. The summed E-state index contributed by atoms with van der Waals surface area (Å²) in [5.74, 6) is 0. The van der Waals surface area contributed by atoms with Crippen LogP contribution in [0.3, 0.4) is 0 Å². The molecule has 0 atom stereocenters. The minimum absolute atomic E-state index is 1.22. The van der Waals surface area contributed by atoms with Crippen LogP contribution in [0.25, 0.3) is 30.9 Å². The summed E-state index contributed by atoms with van der Waals surface area (Å²) < 4.78 is 5.37. The molecule has 0 amide bonds. The van der Waals surface area contributed by atoms with Crippen molar-refractivity contribution in [2.75, 3.05) is 0 Å². The summed E-state index contributed by atoms with van der Waals surface area (Å²) in [5.41, 5.74) is 0. The minimum Gasteiger partial charge on any atom is -0.139 e. The highest BCUT2D eigenvalue weighted by Gasteiger charge is 2.16.